The summed E-state index contributed by atoms with van der Waals surface area (Å²) in [6.45, 7) is 1.09. The minimum absolute atomic E-state index is 0.0221. The Morgan fingerprint density at radius 2 is 2.26 bits per heavy atom. The summed E-state index contributed by atoms with van der Waals surface area (Å²) in [6, 6.07) is 4.64. The van der Waals surface area contributed by atoms with Crippen molar-refractivity contribution in [2.24, 2.45) is 5.73 Å². The number of ether oxygens (including phenoxy) is 1. The lowest BCUT2D eigenvalue weighted by atomic mass is 10.1. The number of hydrogen-bond donors (Lipinski definition) is 1. The first-order valence-electron chi connectivity index (χ1n) is 6.52. The zero-order chi connectivity index (χ0) is 13.8. The van der Waals surface area contributed by atoms with Gasteiger partial charge in [-0.25, -0.2) is 4.39 Å². The monoisotopic (exact) mass is 266 g/mol. The molecule has 0 saturated heterocycles. The standard InChI is InChI=1S/C14H19FN2O2/c1-19-12-5-2-4-11(15)13(12)14(18)17(9-3-8-16)10-6-7-10/h2,4-5,10H,3,6-9,16H2,1H3. The van der Waals surface area contributed by atoms with Crippen molar-refractivity contribution in [3.63, 3.8) is 0 Å². The Bertz CT molecular complexity index is 461. The lowest BCUT2D eigenvalue weighted by Gasteiger charge is -2.23. The van der Waals surface area contributed by atoms with Crippen LogP contribution in [0, 0.1) is 5.82 Å². The number of carbonyl (C=O) groups is 1. The number of nitrogens with zero attached hydrogens (tertiary/aromatic N) is 1. The Labute approximate surface area is 112 Å². The summed E-state index contributed by atoms with van der Waals surface area (Å²) in [5.41, 5.74) is 5.51. The molecule has 1 aromatic rings. The van der Waals surface area contributed by atoms with Crippen LogP contribution in [-0.4, -0.2) is 37.0 Å². The number of benzene rings is 1. The van der Waals surface area contributed by atoms with Gasteiger partial charge in [-0.2, -0.15) is 0 Å². The molecule has 1 saturated carbocycles. The summed E-state index contributed by atoms with van der Waals surface area (Å²) in [5, 5.41) is 0. The van der Waals surface area contributed by atoms with Gasteiger partial charge in [-0.15, -0.1) is 0 Å². The van der Waals surface area contributed by atoms with Crippen molar-refractivity contribution in [3.05, 3.63) is 29.6 Å². The Balaban J connectivity index is 2.25. The molecular formula is C14H19FN2O2. The van der Waals surface area contributed by atoms with Crippen molar-refractivity contribution >= 4 is 5.91 Å². The first-order valence-corrected chi connectivity index (χ1v) is 6.52. The number of halogens is 1. The van der Waals surface area contributed by atoms with E-state index in [0.29, 0.717) is 13.1 Å². The van der Waals surface area contributed by atoms with Crippen LogP contribution in [-0.2, 0) is 0 Å². The molecule has 0 atom stereocenters. The molecular weight excluding hydrogens is 247 g/mol. The third-order valence-corrected chi connectivity index (χ3v) is 3.26. The van der Waals surface area contributed by atoms with Gasteiger partial charge in [-0.1, -0.05) is 6.07 Å². The van der Waals surface area contributed by atoms with Crippen LogP contribution in [0.15, 0.2) is 18.2 Å². The minimum atomic E-state index is -0.539. The number of nitrogens with two attached hydrogens (primary N) is 1. The summed E-state index contributed by atoms with van der Waals surface area (Å²) < 4.78 is 19.0. The van der Waals surface area contributed by atoms with Gasteiger partial charge in [0.2, 0.25) is 0 Å². The van der Waals surface area contributed by atoms with E-state index in [1.165, 1.54) is 19.2 Å². The summed E-state index contributed by atoms with van der Waals surface area (Å²) in [5.74, 6) is -0.558. The Kier molecular flexibility index (Phi) is 4.37. The molecule has 0 unspecified atom stereocenters. The van der Waals surface area contributed by atoms with Gasteiger partial charge in [0.1, 0.15) is 17.1 Å². The number of amides is 1. The summed E-state index contributed by atoms with van der Waals surface area (Å²) >= 11 is 0. The predicted molar refractivity (Wildman–Crippen MR) is 70.7 cm³/mol. The second-order valence-electron chi connectivity index (χ2n) is 4.69. The van der Waals surface area contributed by atoms with E-state index in [9.17, 15) is 9.18 Å². The third-order valence-electron chi connectivity index (χ3n) is 3.26. The van der Waals surface area contributed by atoms with Gasteiger partial charge in [0, 0.05) is 12.6 Å². The molecule has 104 valence electrons. The maximum atomic E-state index is 13.9. The molecule has 0 aromatic heterocycles. The molecule has 2 rings (SSSR count). The van der Waals surface area contributed by atoms with Crippen LogP contribution in [0.1, 0.15) is 29.6 Å². The van der Waals surface area contributed by atoms with Gasteiger partial charge in [0.05, 0.1) is 7.11 Å². The third kappa shape index (κ3) is 3.04. The van der Waals surface area contributed by atoms with Crippen molar-refractivity contribution in [1.29, 1.82) is 0 Å². The summed E-state index contributed by atoms with van der Waals surface area (Å²) in [4.78, 5) is 14.2. The first-order chi connectivity index (χ1) is 9.19. The maximum Gasteiger partial charge on any atom is 0.260 e. The van der Waals surface area contributed by atoms with E-state index in [2.05, 4.69) is 0 Å². The van der Waals surface area contributed by atoms with Crippen LogP contribution < -0.4 is 10.5 Å². The highest BCUT2D eigenvalue weighted by atomic mass is 19.1. The molecule has 2 N–H and O–H groups in total. The van der Waals surface area contributed by atoms with Gasteiger partial charge >= 0.3 is 0 Å². The Hall–Kier alpha value is -1.62. The summed E-state index contributed by atoms with van der Waals surface area (Å²) in [7, 11) is 1.44. The second kappa shape index (κ2) is 6.02. The average molecular weight is 266 g/mol. The lowest BCUT2D eigenvalue weighted by Crippen LogP contribution is -2.35. The van der Waals surface area contributed by atoms with Gasteiger partial charge < -0.3 is 15.4 Å². The smallest absolute Gasteiger partial charge is 0.260 e. The summed E-state index contributed by atoms with van der Waals surface area (Å²) in [6.07, 6.45) is 2.68. The molecule has 5 heteroatoms. The minimum Gasteiger partial charge on any atom is -0.496 e. The second-order valence-corrected chi connectivity index (χ2v) is 4.69. The van der Waals surface area contributed by atoms with E-state index < -0.39 is 5.82 Å². The van der Waals surface area contributed by atoms with Crippen LogP contribution >= 0.6 is 0 Å². The van der Waals surface area contributed by atoms with Crippen LogP contribution in [0.25, 0.3) is 0 Å². The SMILES string of the molecule is COc1cccc(F)c1C(=O)N(CCCN)C1CC1. The van der Waals surface area contributed by atoms with Gasteiger partial charge in [-0.05, 0) is 37.9 Å². The van der Waals surface area contributed by atoms with Crippen LogP contribution in [0.4, 0.5) is 4.39 Å². The molecule has 0 heterocycles. The molecule has 1 aromatic carbocycles. The van der Waals surface area contributed by atoms with Gasteiger partial charge in [-0.3, -0.25) is 4.79 Å². The van der Waals surface area contributed by atoms with Crippen LogP contribution in [0.5, 0.6) is 5.75 Å². The molecule has 0 spiro atoms. The highest BCUT2D eigenvalue weighted by molar-refractivity contribution is 5.97. The van der Waals surface area contributed by atoms with E-state index in [-0.39, 0.29) is 23.3 Å². The van der Waals surface area contributed by atoms with Gasteiger partial charge in [0.25, 0.3) is 5.91 Å². The van der Waals surface area contributed by atoms with Crippen LogP contribution in [0.3, 0.4) is 0 Å². The molecule has 0 aliphatic heterocycles. The van der Waals surface area contributed by atoms with Gasteiger partial charge in [0.15, 0.2) is 0 Å². The van der Waals surface area contributed by atoms with E-state index in [0.717, 1.165) is 19.3 Å². The fourth-order valence-electron chi connectivity index (χ4n) is 2.12. The zero-order valence-corrected chi connectivity index (χ0v) is 11.1. The molecule has 1 aliphatic carbocycles. The number of methoxy groups -OCH3 is 1. The van der Waals surface area contributed by atoms with Crippen LogP contribution in [0.2, 0.25) is 0 Å². The van der Waals surface area contributed by atoms with Crippen molar-refractivity contribution in [3.8, 4) is 5.75 Å². The zero-order valence-electron chi connectivity index (χ0n) is 11.1. The molecule has 4 nitrogen and oxygen atoms in total. The molecule has 19 heavy (non-hydrogen) atoms. The topological polar surface area (TPSA) is 55.6 Å². The maximum absolute atomic E-state index is 13.9. The molecule has 0 radical (unpaired) electrons. The van der Waals surface area contributed by atoms with E-state index >= 15 is 0 Å². The molecule has 1 aliphatic rings. The molecule has 1 amide bonds. The van der Waals surface area contributed by atoms with Crippen molar-refractivity contribution in [2.75, 3.05) is 20.2 Å². The van der Waals surface area contributed by atoms with E-state index in [1.807, 2.05) is 0 Å². The van der Waals surface area contributed by atoms with E-state index in [1.54, 1.807) is 11.0 Å². The number of rotatable bonds is 6. The molecule has 0 bridgehead atoms. The lowest BCUT2D eigenvalue weighted by molar-refractivity contribution is 0.0734. The molecule has 1 fully saturated rings. The van der Waals surface area contributed by atoms with Crippen molar-refractivity contribution < 1.29 is 13.9 Å². The fourth-order valence-corrected chi connectivity index (χ4v) is 2.12. The average Bonchev–Trinajstić information content (AvgIpc) is 3.23. The quantitative estimate of drug-likeness (QED) is 0.854. The largest absolute Gasteiger partial charge is 0.496 e. The van der Waals surface area contributed by atoms with Crippen molar-refractivity contribution in [2.45, 2.75) is 25.3 Å². The Morgan fingerprint density at radius 3 is 2.84 bits per heavy atom. The first kappa shape index (κ1) is 13.8. The highest BCUT2D eigenvalue weighted by Crippen LogP contribution is 2.31. The Morgan fingerprint density at radius 1 is 1.53 bits per heavy atom. The van der Waals surface area contributed by atoms with E-state index in [4.69, 9.17) is 10.5 Å². The highest BCUT2D eigenvalue weighted by Gasteiger charge is 2.34. The van der Waals surface area contributed by atoms with Crippen molar-refractivity contribution in [1.82, 2.24) is 4.90 Å². The fraction of sp³-hybridized carbons (Fsp3) is 0.500. The number of hydrogen-bond acceptors (Lipinski definition) is 3. The normalized spacial score (nSPS) is 14.3. The predicted octanol–water partition coefficient (Wildman–Crippen LogP) is 1.79. The number of carbonyl (C=O) groups excluding carboxylic acids is 1.